The molecule has 0 aliphatic carbocycles. The van der Waals surface area contributed by atoms with Crippen molar-refractivity contribution in [2.45, 2.75) is 31.8 Å². The van der Waals surface area contributed by atoms with Crippen LogP contribution in [0.5, 0.6) is 5.75 Å². The number of halogens is 6. The van der Waals surface area contributed by atoms with Gasteiger partial charge in [-0.1, -0.05) is 0 Å². The van der Waals surface area contributed by atoms with Gasteiger partial charge in [-0.25, -0.2) is 12.7 Å². The molecule has 0 unspecified atom stereocenters. The fraction of sp³-hybridized carbons (Fsp3) is 0.562. The lowest BCUT2D eigenvalue weighted by molar-refractivity contribution is -0.274. The molecule has 1 aromatic rings. The van der Waals surface area contributed by atoms with Crippen LogP contribution in [0.3, 0.4) is 0 Å². The number of amides is 1. The van der Waals surface area contributed by atoms with Gasteiger partial charge in [-0.05, 0) is 37.1 Å². The summed E-state index contributed by atoms with van der Waals surface area (Å²) in [5.74, 6) is -2.52. The number of sulfonamides is 1. The van der Waals surface area contributed by atoms with Gasteiger partial charge in [0.05, 0.1) is 12.2 Å². The van der Waals surface area contributed by atoms with Crippen LogP contribution in [0.2, 0.25) is 0 Å². The number of benzene rings is 1. The van der Waals surface area contributed by atoms with E-state index in [9.17, 15) is 39.6 Å². The minimum absolute atomic E-state index is 0.0867. The van der Waals surface area contributed by atoms with Crippen molar-refractivity contribution in [2.75, 3.05) is 24.2 Å². The Balaban J connectivity index is 1.85. The van der Waals surface area contributed by atoms with Gasteiger partial charge in [0.15, 0.2) is 0 Å². The van der Waals surface area contributed by atoms with Crippen LogP contribution < -0.4 is 10.1 Å². The van der Waals surface area contributed by atoms with E-state index >= 15 is 0 Å². The van der Waals surface area contributed by atoms with E-state index in [0.29, 0.717) is 0 Å². The average molecular weight is 448 g/mol. The number of ether oxygens (including phenoxy) is 1. The third kappa shape index (κ3) is 7.72. The Morgan fingerprint density at radius 2 is 1.62 bits per heavy atom. The van der Waals surface area contributed by atoms with Gasteiger partial charge in [-0.15, -0.1) is 13.2 Å². The molecule has 1 amide bonds. The zero-order valence-electron chi connectivity index (χ0n) is 14.9. The zero-order chi connectivity index (χ0) is 21.9. The van der Waals surface area contributed by atoms with Crippen LogP contribution in [0.25, 0.3) is 0 Å². The van der Waals surface area contributed by atoms with Crippen LogP contribution in [-0.4, -0.2) is 50.0 Å². The second kappa shape index (κ2) is 8.78. The van der Waals surface area contributed by atoms with Gasteiger partial charge in [0.1, 0.15) is 5.75 Å². The second-order valence-electron chi connectivity index (χ2n) is 6.42. The molecule has 6 nitrogen and oxygen atoms in total. The minimum Gasteiger partial charge on any atom is -0.406 e. The maximum absolute atomic E-state index is 12.3. The molecule has 2 rings (SSSR count). The lowest BCUT2D eigenvalue weighted by atomic mass is 9.97. The summed E-state index contributed by atoms with van der Waals surface area (Å²) in [5, 5.41) is 2.51. The number of piperidine rings is 1. The van der Waals surface area contributed by atoms with E-state index in [1.807, 2.05) is 0 Å². The zero-order valence-corrected chi connectivity index (χ0v) is 15.7. The number of nitrogens with one attached hydrogen (secondary N) is 1. The van der Waals surface area contributed by atoms with Gasteiger partial charge in [0.2, 0.25) is 15.9 Å². The summed E-state index contributed by atoms with van der Waals surface area (Å²) in [4.78, 5) is 12.3. The van der Waals surface area contributed by atoms with Crippen molar-refractivity contribution in [3.05, 3.63) is 24.3 Å². The molecule has 13 heteroatoms. The Kier molecular flexibility index (Phi) is 7.04. The third-order valence-electron chi connectivity index (χ3n) is 4.22. The maximum Gasteiger partial charge on any atom is 0.573 e. The summed E-state index contributed by atoms with van der Waals surface area (Å²) in [6.45, 7) is -0.173. The number of hydrogen-bond acceptors (Lipinski definition) is 4. The largest absolute Gasteiger partial charge is 0.573 e. The molecule has 1 saturated heterocycles. The van der Waals surface area contributed by atoms with Gasteiger partial charge in [0.25, 0.3) is 0 Å². The molecular weight excluding hydrogens is 430 g/mol. The van der Waals surface area contributed by atoms with Gasteiger partial charge in [0, 0.05) is 24.7 Å². The smallest absolute Gasteiger partial charge is 0.406 e. The van der Waals surface area contributed by atoms with Crippen LogP contribution in [0.15, 0.2) is 24.3 Å². The molecule has 0 spiro atoms. The third-order valence-corrected chi connectivity index (χ3v) is 6.09. The highest BCUT2D eigenvalue weighted by atomic mass is 32.2. The predicted octanol–water partition coefficient (Wildman–Crippen LogP) is 3.52. The van der Waals surface area contributed by atoms with Crippen molar-refractivity contribution in [3.8, 4) is 5.75 Å². The van der Waals surface area contributed by atoms with Gasteiger partial charge in [-0.2, -0.15) is 13.2 Å². The first-order chi connectivity index (χ1) is 13.3. The molecule has 0 atom stereocenters. The van der Waals surface area contributed by atoms with Gasteiger partial charge in [-0.3, -0.25) is 4.79 Å². The number of rotatable bonds is 6. The first-order valence-corrected chi connectivity index (χ1v) is 10.1. The molecule has 1 fully saturated rings. The number of alkyl halides is 6. The van der Waals surface area contributed by atoms with E-state index in [1.54, 1.807) is 0 Å². The normalized spacial score (nSPS) is 17.2. The molecule has 1 aromatic carbocycles. The summed E-state index contributed by atoms with van der Waals surface area (Å²) >= 11 is 0. The van der Waals surface area contributed by atoms with E-state index in [2.05, 4.69) is 10.1 Å². The van der Waals surface area contributed by atoms with Crippen molar-refractivity contribution in [1.82, 2.24) is 4.31 Å². The minimum atomic E-state index is -4.83. The summed E-state index contributed by atoms with van der Waals surface area (Å²) in [6, 6.07) is 4.49. The van der Waals surface area contributed by atoms with Crippen LogP contribution >= 0.6 is 0 Å². The fourth-order valence-electron chi connectivity index (χ4n) is 2.75. The van der Waals surface area contributed by atoms with Gasteiger partial charge < -0.3 is 10.1 Å². The molecule has 1 aliphatic rings. The molecule has 1 N–H and O–H groups in total. The fourth-order valence-corrected chi connectivity index (χ4v) is 4.27. The van der Waals surface area contributed by atoms with Crippen LogP contribution in [0.4, 0.5) is 32.0 Å². The highest BCUT2D eigenvalue weighted by molar-refractivity contribution is 7.89. The highest BCUT2D eigenvalue weighted by Gasteiger charge is 2.35. The lowest BCUT2D eigenvalue weighted by Crippen LogP contribution is -2.42. The molecule has 1 aliphatic heterocycles. The standard InChI is InChI=1S/C16H18F6N2O4S/c17-15(18,19)7-10-29(26,27)24-8-5-11(6-9-24)14(25)23-12-1-3-13(4-2-12)28-16(20,21)22/h1-4,11H,5-10H2,(H,23,25). The number of hydrogen-bond donors (Lipinski definition) is 1. The highest BCUT2D eigenvalue weighted by Crippen LogP contribution is 2.26. The quantitative estimate of drug-likeness (QED) is 0.676. The van der Waals surface area contributed by atoms with E-state index in [0.717, 1.165) is 16.4 Å². The first kappa shape index (κ1) is 23.3. The van der Waals surface area contributed by atoms with Crippen molar-refractivity contribution in [2.24, 2.45) is 5.92 Å². The molecule has 0 saturated carbocycles. The number of anilines is 1. The van der Waals surface area contributed by atoms with Crippen LogP contribution in [0, 0.1) is 5.92 Å². The SMILES string of the molecule is O=C(Nc1ccc(OC(F)(F)F)cc1)C1CCN(S(=O)(=O)CCC(F)(F)F)CC1. The Morgan fingerprint density at radius 1 is 1.07 bits per heavy atom. The molecule has 1 heterocycles. The summed E-state index contributed by atoms with van der Waals surface area (Å²) in [7, 11) is -4.07. The van der Waals surface area contributed by atoms with Crippen molar-refractivity contribution in [3.63, 3.8) is 0 Å². The summed E-state index contributed by atoms with van der Waals surface area (Å²) in [6.07, 6.45) is -10.6. The Morgan fingerprint density at radius 3 is 2.10 bits per heavy atom. The summed E-state index contributed by atoms with van der Waals surface area (Å²) < 4.78 is 102. The molecular formula is C16H18F6N2O4S. The lowest BCUT2D eigenvalue weighted by Gasteiger charge is -2.30. The molecule has 164 valence electrons. The van der Waals surface area contributed by atoms with E-state index in [4.69, 9.17) is 0 Å². The molecule has 0 bridgehead atoms. The second-order valence-corrected chi connectivity index (χ2v) is 8.50. The van der Waals surface area contributed by atoms with E-state index in [1.165, 1.54) is 12.1 Å². The topological polar surface area (TPSA) is 75.7 Å². The summed E-state index contributed by atoms with van der Waals surface area (Å²) in [5.41, 5.74) is 0.227. The Labute approximate surface area is 162 Å². The van der Waals surface area contributed by atoms with E-state index < -0.39 is 52.3 Å². The average Bonchev–Trinajstić information content (AvgIpc) is 2.60. The molecule has 0 aromatic heterocycles. The Bertz CT molecular complexity index is 800. The van der Waals surface area contributed by atoms with Crippen LogP contribution in [0.1, 0.15) is 19.3 Å². The van der Waals surface area contributed by atoms with Crippen LogP contribution in [-0.2, 0) is 14.8 Å². The first-order valence-electron chi connectivity index (χ1n) is 8.46. The van der Waals surface area contributed by atoms with Crippen molar-refractivity contribution in [1.29, 1.82) is 0 Å². The molecule has 0 radical (unpaired) electrons. The number of carbonyl (C=O) groups excluding carboxylic acids is 1. The predicted molar refractivity (Wildman–Crippen MR) is 90.5 cm³/mol. The van der Waals surface area contributed by atoms with E-state index in [-0.39, 0.29) is 31.6 Å². The van der Waals surface area contributed by atoms with Gasteiger partial charge >= 0.3 is 12.5 Å². The van der Waals surface area contributed by atoms with Crippen molar-refractivity contribution >= 4 is 21.6 Å². The monoisotopic (exact) mass is 448 g/mol. The number of nitrogens with zero attached hydrogens (tertiary/aromatic N) is 1. The molecule has 29 heavy (non-hydrogen) atoms. The van der Waals surface area contributed by atoms with Crippen molar-refractivity contribution < 1.29 is 44.3 Å². The Hall–Kier alpha value is -2.02. The number of carbonyl (C=O) groups is 1. The maximum atomic E-state index is 12.3.